The van der Waals surface area contributed by atoms with Crippen molar-refractivity contribution < 1.29 is 9.84 Å². The zero-order valence-corrected chi connectivity index (χ0v) is 12.0. The van der Waals surface area contributed by atoms with Crippen molar-refractivity contribution in [1.29, 1.82) is 0 Å². The van der Waals surface area contributed by atoms with Gasteiger partial charge < -0.3 is 20.1 Å². The minimum absolute atomic E-state index is 0.187. The molecule has 0 spiro atoms. The Morgan fingerprint density at radius 3 is 2.74 bits per heavy atom. The van der Waals surface area contributed by atoms with Crippen molar-refractivity contribution >= 4 is 11.6 Å². The van der Waals surface area contributed by atoms with Crippen LogP contribution in [0.5, 0.6) is 0 Å². The van der Waals surface area contributed by atoms with Gasteiger partial charge in [0.15, 0.2) is 5.82 Å². The molecular formula is C13H24N4O2. The number of nitrogens with one attached hydrogen (secondary N) is 1. The second-order valence-corrected chi connectivity index (χ2v) is 4.07. The zero-order chi connectivity index (χ0) is 14.1. The first kappa shape index (κ1) is 15.7. The molecule has 0 atom stereocenters. The Bertz CT molecular complexity index is 374. The summed E-state index contributed by atoms with van der Waals surface area (Å²) in [6, 6.07) is 1.91. The molecule has 6 nitrogen and oxygen atoms in total. The quantitative estimate of drug-likeness (QED) is 0.702. The van der Waals surface area contributed by atoms with Crippen molar-refractivity contribution in [2.75, 3.05) is 43.6 Å². The van der Waals surface area contributed by atoms with Gasteiger partial charge in [0.05, 0.1) is 0 Å². The summed E-state index contributed by atoms with van der Waals surface area (Å²) in [6.45, 7) is 6.88. The molecule has 0 unspecified atom stereocenters. The largest absolute Gasteiger partial charge is 0.396 e. The second-order valence-electron chi connectivity index (χ2n) is 4.07. The number of aliphatic hydroxyl groups excluding tert-OH is 1. The Balaban J connectivity index is 2.89. The summed E-state index contributed by atoms with van der Waals surface area (Å²) in [7, 11) is 1.83. The van der Waals surface area contributed by atoms with Crippen LogP contribution in [-0.2, 0) is 11.3 Å². The number of hydrogen-bond donors (Lipinski definition) is 2. The van der Waals surface area contributed by atoms with E-state index in [1.807, 2.05) is 20.0 Å². The molecular weight excluding hydrogens is 244 g/mol. The van der Waals surface area contributed by atoms with Gasteiger partial charge in [-0.2, -0.15) is 0 Å². The summed E-state index contributed by atoms with van der Waals surface area (Å²) in [5.74, 6) is 2.32. The Kier molecular flexibility index (Phi) is 7.14. The van der Waals surface area contributed by atoms with Crippen molar-refractivity contribution in [1.82, 2.24) is 9.97 Å². The van der Waals surface area contributed by atoms with Crippen LogP contribution in [0.4, 0.5) is 11.6 Å². The summed E-state index contributed by atoms with van der Waals surface area (Å²) in [5, 5.41) is 12.0. The summed E-state index contributed by atoms with van der Waals surface area (Å²) >= 11 is 0. The van der Waals surface area contributed by atoms with Gasteiger partial charge in [-0.05, 0) is 20.3 Å². The topological polar surface area (TPSA) is 70.5 Å². The summed E-state index contributed by atoms with van der Waals surface area (Å²) in [6.07, 6.45) is 0.730. The monoisotopic (exact) mass is 268 g/mol. The average molecular weight is 268 g/mol. The van der Waals surface area contributed by atoms with Crippen LogP contribution in [0, 0.1) is 0 Å². The first-order valence-corrected chi connectivity index (χ1v) is 6.74. The fourth-order valence-corrected chi connectivity index (χ4v) is 1.73. The zero-order valence-electron chi connectivity index (χ0n) is 12.0. The normalized spacial score (nSPS) is 10.5. The van der Waals surface area contributed by atoms with Gasteiger partial charge >= 0.3 is 0 Å². The Labute approximate surface area is 114 Å². The van der Waals surface area contributed by atoms with Crippen LogP contribution in [0.2, 0.25) is 0 Å². The molecule has 0 bridgehead atoms. The maximum Gasteiger partial charge on any atom is 0.158 e. The maximum atomic E-state index is 8.94. The molecule has 0 aromatic carbocycles. The molecule has 0 saturated heterocycles. The van der Waals surface area contributed by atoms with E-state index in [1.54, 1.807) is 0 Å². The van der Waals surface area contributed by atoms with Crippen LogP contribution in [0.15, 0.2) is 6.07 Å². The minimum Gasteiger partial charge on any atom is -0.396 e. The number of aromatic nitrogens is 2. The first-order chi connectivity index (χ1) is 9.24. The maximum absolute atomic E-state index is 8.94. The Hall–Kier alpha value is -1.40. The number of ether oxygens (including phenoxy) is 1. The summed E-state index contributed by atoms with van der Waals surface area (Å²) < 4.78 is 5.36. The van der Waals surface area contributed by atoms with Gasteiger partial charge in [-0.1, -0.05) is 0 Å². The lowest BCUT2D eigenvalue weighted by Crippen LogP contribution is -2.26. The predicted molar refractivity (Wildman–Crippen MR) is 76.5 cm³/mol. The van der Waals surface area contributed by atoms with E-state index < -0.39 is 0 Å². The van der Waals surface area contributed by atoms with Gasteiger partial charge in [-0.25, -0.2) is 9.97 Å². The molecule has 108 valence electrons. The number of anilines is 2. The molecule has 0 amide bonds. The van der Waals surface area contributed by atoms with Crippen molar-refractivity contribution in [3.8, 4) is 0 Å². The smallest absolute Gasteiger partial charge is 0.158 e. The fourth-order valence-electron chi connectivity index (χ4n) is 1.73. The van der Waals surface area contributed by atoms with Crippen LogP contribution in [0.25, 0.3) is 0 Å². The highest BCUT2D eigenvalue weighted by atomic mass is 16.5. The minimum atomic E-state index is 0.187. The van der Waals surface area contributed by atoms with Crippen LogP contribution < -0.4 is 10.2 Å². The highest BCUT2D eigenvalue weighted by molar-refractivity contribution is 5.49. The van der Waals surface area contributed by atoms with E-state index in [4.69, 9.17) is 9.84 Å². The Morgan fingerprint density at radius 1 is 1.37 bits per heavy atom. The van der Waals surface area contributed by atoms with Gasteiger partial charge in [0.25, 0.3) is 0 Å². The molecule has 0 aliphatic rings. The van der Waals surface area contributed by atoms with Crippen LogP contribution in [0.3, 0.4) is 0 Å². The number of nitrogens with zero attached hydrogens (tertiary/aromatic N) is 3. The van der Waals surface area contributed by atoms with Crippen LogP contribution >= 0.6 is 0 Å². The fraction of sp³-hybridized carbons (Fsp3) is 0.692. The molecule has 1 heterocycles. The molecule has 6 heteroatoms. The average Bonchev–Trinajstić information content (AvgIpc) is 2.45. The molecule has 0 saturated carbocycles. The van der Waals surface area contributed by atoms with E-state index in [1.165, 1.54) is 0 Å². The molecule has 0 aliphatic heterocycles. The van der Waals surface area contributed by atoms with Crippen molar-refractivity contribution in [3.63, 3.8) is 0 Å². The molecule has 1 aromatic rings. The SMILES string of the molecule is CCOCc1nc(NC)cc(N(CC)CCCO)n1. The van der Waals surface area contributed by atoms with Crippen LogP contribution in [-0.4, -0.2) is 48.4 Å². The third kappa shape index (κ3) is 5.00. The molecule has 0 aliphatic carbocycles. The lowest BCUT2D eigenvalue weighted by Gasteiger charge is -2.22. The van der Waals surface area contributed by atoms with Gasteiger partial charge in [0, 0.05) is 39.4 Å². The molecule has 0 fully saturated rings. The predicted octanol–water partition coefficient (Wildman–Crippen LogP) is 1.26. The molecule has 0 radical (unpaired) electrons. The highest BCUT2D eigenvalue weighted by Gasteiger charge is 2.10. The third-order valence-corrected chi connectivity index (χ3v) is 2.74. The lowest BCUT2D eigenvalue weighted by molar-refractivity contribution is 0.128. The van der Waals surface area contributed by atoms with E-state index in [0.717, 1.165) is 31.1 Å². The van der Waals surface area contributed by atoms with Gasteiger partial charge in [0.2, 0.25) is 0 Å². The molecule has 19 heavy (non-hydrogen) atoms. The second kappa shape index (κ2) is 8.66. The Morgan fingerprint density at radius 2 is 2.16 bits per heavy atom. The number of hydrogen-bond acceptors (Lipinski definition) is 6. The van der Waals surface area contributed by atoms with Gasteiger partial charge in [-0.3, -0.25) is 0 Å². The van der Waals surface area contributed by atoms with E-state index in [0.29, 0.717) is 19.0 Å². The van der Waals surface area contributed by atoms with Crippen molar-refractivity contribution in [2.24, 2.45) is 0 Å². The highest BCUT2D eigenvalue weighted by Crippen LogP contribution is 2.16. The summed E-state index contributed by atoms with van der Waals surface area (Å²) in [4.78, 5) is 11.0. The third-order valence-electron chi connectivity index (χ3n) is 2.74. The van der Waals surface area contributed by atoms with E-state index in [9.17, 15) is 0 Å². The van der Waals surface area contributed by atoms with E-state index >= 15 is 0 Å². The molecule has 1 rings (SSSR count). The van der Waals surface area contributed by atoms with Crippen LogP contribution in [0.1, 0.15) is 26.1 Å². The number of aliphatic hydroxyl groups is 1. The lowest BCUT2D eigenvalue weighted by atomic mass is 10.3. The summed E-state index contributed by atoms with van der Waals surface area (Å²) in [5.41, 5.74) is 0. The first-order valence-electron chi connectivity index (χ1n) is 6.74. The van der Waals surface area contributed by atoms with E-state index in [-0.39, 0.29) is 6.61 Å². The van der Waals surface area contributed by atoms with Gasteiger partial charge in [-0.15, -0.1) is 0 Å². The standard InChI is InChI=1S/C13H24N4O2/c1-4-17(7-6-8-18)13-9-11(14-3)15-12(16-13)10-19-5-2/h9,18H,4-8,10H2,1-3H3,(H,14,15,16). The van der Waals surface area contributed by atoms with Crippen molar-refractivity contribution in [3.05, 3.63) is 11.9 Å². The van der Waals surface area contributed by atoms with Crippen molar-refractivity contribution in [2.45, 2.75) is 26.9 Å². The molecule has 1 aromatic heterocycles. The van der Waals surface area contributed by atoms with E-state index in [2.05, 4.69) is 27.1 Å². The number of rotatable bonds is 9. The molecule has 2 N–H and O–H groups in total. The van der Waals surface area contributed by atoms with Gasteiger partial charge in [0.1, 0.15) is 18.2 Å².